The van der Waals surface area contributed by atoms with E-state index in [9.17, 15) is 4.79 Å². The molecule has 1 aromatic carbocycles. The van der Waals surface area contributed by atoms with E-state index in [4.69, 9.17) is 24.5 Å². The van der Waals surface area contributed by atoms with Gasteiger partial charge in [0.1, 0.15) is 30.1 Å². The highest BCUT2D eigenvalue weighted by Crippen LogP contribution is 2.38. The van der Waals surface area contributed by atoms with Crippen LogP contribution in [0.2, 0.25) is 0 Å². The second kappa shape index (κ2) is 7.18. The third kappa shape index (κ3) is 3.65. The van der Waals surface area contributed by atoms with Gasteiger partial charge in [0.05, 0.1) is 5.56 Å². The first-order valence-corrected chi connectivity index (χ1v) is 6.00. The Morgan fingerprint density at radius 3 is 3.05 bits per heavy atom. The number of carbonyl (C=O) groups is 1. The number of methoxy groups -OCH3 is 1. The van der Waals surface area contributed by atoms with E-state index in [0.29, 0.717) is 28.4 Å². The molecule has 8 heteroatoms. The van der Waals surface area contributed by atoms with Crippen molar-refractivity contribution in [1.29, 1.82) is 0 Å². The molecule has 0 saturated carbocycles. The van der Waals surface area contributed by atoms with E-state index in [2.05, 4.69) is 10.0 Å². The second-order valence-electron chi connectivity index (χ2n) is 4.01. The molecule has 1 aliphatic heterocycles. The number of rotatable bonds is 7. The van der Waals surface area contributed by atoms with Crippen LogP contribution in [0.3, 0.4) is 0 Å². The van der Waals surface area contributed by atoms with Crippen LogP contribution >= 0.6 is 0 Å². The number of hydrogen-bond acceptors (Lipinski definition) is 6. The SMILES string of the molecule is COCOc1cc(OCN=[N+]=[N-])c2c(c1)OCC(C=O)=C2. The Morgan fingerprint density at radius 2 is 2.33 bits per heavy atom. The van der Waals surface area contributed by atoms with Crippen molar-refractivity contribution < 1.29 is 23.7 Å². The van der Waals surface area contributed by atoms with E-state index >= 15 is 0 Å². The van der Waals surface area contributed by atoms with Gasteiger partial charge in [0.2, 0.25) is 0 Å². The third-order valence-corrected chi connectivity index (χ3v) is 2.64. The number of benzene rings is 1. The van der Waals surface area contributed by atoms with Crippen LogP contribution in [0, 0.1) is 0 Å². The first kappa shape index (κ1) is 14.7. The number of fused-ring (bicyclic) bond motifs is 1. The highest BCUT2D eigenvalue weighted by molar-refractivity contribution is 5.86. The number of hydrogen-bond donors (Lipinski definition) is 0. The molecule has 21 heavy (non-hydrogen) atoms. The maximum atomic E-state index is 10.9. The fourth-order valence-corrected chi connectivity index (χ4v) is 1.75. The fourth-order valence-electron chi connectivity index (χ4n) is 1.75. The number of azide groups is 1. The minimum absolute atomic E-state index is 0.0734. The van der Waals surface area contributed by atoms with Gasteiger partial charge in [-0.2, -0.15) is 0 Å². The molecule has 2 rings (SSSR count). The zero-order valence-corrected chi connectivity index (χ0v) is 11.3. The molecule has 8 nitrogen and oxygen atoms in total. The summed E-state index contributed by atoms with van der Waals surface area (Å²) in [7, 11) is 1.51. The summed E-state index contributed by atoms with van der Waals surface area (Å²) in [5.74, 6) is 1.39. The molecule has 0 spiro atoms. The summed E-state index contributed by atoms with van der Waals surface area (Å²) in [6.45, 7) is 0.0744. The van der Waals surface area contributed by atoms with Crippen LogP contribution < -0.4 is 14.2 Å². The normalized spacial score (nSPS) is 12.3. The highest BCUT2D eigenvalue weighted by Gasteiger charge is 2.18. The molecule has 0 radical (unpaired) electrons. The molecular formula is C13H13N3O5. The van der Waals surface area contributed by atoms with Crippen molar-refractivity contribution >= 4 is 12.4 Å². The van der Waals surface area contributed by atoms with E-state index in [1.54, 1.807) is 18.2 Å². The predicted octanol–water partition coefficient (Wildman–Crippen LogP) is 2.29. The lowest BCUT2D eigenvalue weighted by molar-refractivity contribution is -0.105. The van der Waals surface area contributed by atoms with Crippen LogP contribution in [0.1, 0.15) is 5.56 Å². The van der Waals surface area contributed by atoms with Gasteiger partial charge in [0.15, 0.2) is 13.5 Å². The van der Waals surface area contributed by atoms with Gasteiger partial charge in [0, 0.05) is 29.7 Å². The quantitative estimate of drug-likeness (QED) is 0.252. The van der Waals surface area contributed by atoms with E-state index in [0.717, 1.165) is 6.29 Å². The first-order valence-electron chi connectivity index (χ1n) is 6.00. The molecule has 110 valence electrons. The topological polar surface area (TPSA) is 103 Å². The Hall–Kier alpha value is -2.70. The Kier molecular flexibility index (Phi) is 5.03. The smallest absolute Gasteiger partial charge is 0.188 e. The van der Waals surface area contributed by atoms with E-state index < -0.39 is 0 Å². The Bertz CT molecular complexity index is 608. The third-order valence-electron chi connectivity index (χ3n) is 2.64. The summed E-state index contributed by atoms with van der Waals surface area (Å²) in [5, 5.41) is 3.31. The van der Waals surface area contributed by atoms with Crippen LogP contribution in [0.15, 0.2) is 22.8 Å². The summed E-state index contributed by atoms with van der Waals surface area (Å²) >= 11 is 0. The van der Waals surface area contributed by atoms with Crippen LogP contribution in [0.5, 0.6) is 17.2 Å². The molecular weight excluding hydrogens is 278 g/mol. The summed E-state index contributed by atoms with van der Waals surface area (Å²) in [6, 6.07) is 3.28. The van der Waals surface area contributed by atoms with Gasteiger partial charge >= 0.3 is 0 Å². The van der Waals surface area contributed by atoms with Gasteiger partial charge in [-0.25, -0.2) is 0 Å². The number of carbonyl (C=O) groups excluding carboxylic acids is 1. The highest BCUT2D eigenvalue weighted by atomic mass is 16.7. The number of aldehydes is 1. The van der Waals surface area contributed by atoms with Gasteiger partial charge < -0.3 is 18.9 Å². The van der Waals surface area contributed by atoms with E-state index in [1.165, 1.54) is 7.11 Å². The fraction of sp³-hybridized carbons (Fsp3) is 0.308. The molecule has 0 unspecified atom stereocenters. The Morgan fingerprint density at radius 1 is 1.48 bits per heavy atom. The van der Waals surface area contributed by atoms with Crippen LogP contribution in [-0.4, -0.2) is 33.5 Å². The van der Waals surface area contributed by atoms with Gasteiger partial charge in [-0.3, -0.25) is 4.79 Å². The lowest BCUT2D eigenvalue weighted by Gasteiger charge is -2.19. The van der Waals surface area contributed by atoms with E-state index in [1.807, 2.05) is 0 Å². The summed E-state index contributed by atoms with van der Waals surface area (Å²) in [5.41, 5.74) is 9.37. The van der Waals surface area contributed by atoms with Crippen molar-refractivity contribution in [1.82, 2.24) is 0 Å². The zero-order valence-electron chi connectivity index (χ0n) is 11.3. The van der Waals surface area contributed by atoms with Crippen LogP contribution in [-0.2, 0) is 9.53 Å². The molecule has 0 fully saturated rings. The standard InChI is InChI=1S/C13H13N3O5/c1-18-8-21-10-3-12-11(2-9(5-17)6-19-12)13(4-10)20-7-15-16-14/h2-5H,6-8H2,1H3. The maximum absolute atomic E-state index is 10.9. The predicted molar refractivity (Wildman–Crippen MR) is 73.1 cm³/mol. The summed E-state index contributed by atoms with van der Waals surface area (Å²) < 4.78 is 21.0. The number of ether oxygens (including phenoxy) is 4. The van der Waals surface area contributed by atoms with Gasteiger partial charge in [-0.15, -0.1) is 0 Å². The second-order valence-corrected chi connectivity index (χ2v) is 4.01. The molecule has 0 aromatic heterocycles. The van der Waals surface area contributed by atoms with Crippen LogP contribution in [0.4, 0.5) is 0 Å². The van der Waals surface area contributed by atoms with Gasteiger partial charge in [-0.05, 0) is 11.6 Å². The molecule has 0 aliphatic carbocycles. The van der Waals surface area contributed by atoms with Gasteiger partial charge in [-0.1, -0.05) is 5.11 Å². The summed E-state index contributed by atoms with van der Waals surface area (Å²) in [4.78, 5) is 13.5. The maximum Gasteiger partial charge on any atom is 0.188 e. The molecule has 0 amide bonds. The van der Waals surface area contributed by atoms with Crippen LogP contribution in [0.25, 0.3) is 16.5 Å². The average Bonchev–Trinajstić information content (AvgIpc) is 2.52. The van der Waals surface area contributed by atoms with Crippen molar-refractivity contribution in [2.45, 2.75) is 0 Å². The summed E-state index contributed by atoms with van der Waals surface area (Å²) in [6.07, 6.45) is 2.38. The first-order chi connectivity index (χ1) is 10.3. The zero-order chi connectivity index (χ0) is 15.1. The molecule has 0 atom stereocenters. The Balaban J connectivity index is 2.36. The lowest BCUT2D eigenvalue weighted by Crippen LogP contribution is -2.10. The minimum atomic E-state index is -0.180. The molecule has 1 aromatic rings. The minimum Gasteiger partial charge on any atom is -0.488 e. The molecule has 0 bridgehead atoms. The van der Waals surface area contributed by atoms with Crippen molar-refractivity contribution in [3.63, 3.8) is 0 Å². The van der Waals surface area contributed by atoms with Crippen molar-refractivity contribution in [3.8, 4) is 17.2 Å². The monoisotopic (exact) mass is 291 g/mol. The van der Waals surface area contributed by atoms with E-state index in [-0.39, 0.29) is 20.1 Å². The molecule has 0 N–H and O–H groups in total. The molecule has 1 aliphatic rings. The Labute approximate surface area is 120 Å². The molecule has 1 heterocycles. The molecule has 0 saturated heterocycles. The van der Waals surface area contributed by atoms with Gasteiger partial charge in [0.25, 0.3) is 0 Å². The van der Waals surface area contributed by atoms with Crippen molar-refractivity contribution in [2.24, 2.45) is 5.11 Å². The number of nitrogens with zero attached hydrogens (tertiary/aromatic N) is 3. The van der Waals surface area contributed by atoms with Crippen molar-refractivity contribution in [3.05, 3.63) is 33.7 Å². The average molecular weight is 291 g/mol. The van der Waals surface area contributed by atoms with Crippen molar-refractivity contribution in [2.75, 3.05) is 27.2 Å². The lowest BCUT2D eigenvalue weighted by atomic mass is 10.1. The largest absolute Gasteiger partial charge is 0.488 e.